The van der Waals surface area contributed by atoms with Crippen molar-refractivity contribution in [3.63, 3.8) is 0 Å². The molecule has 6 atom stereocenters. The van der Waals surface area contributed by atoms with Gasteiger partial charge in [0.2, 0.25) is 0 Å². The summed E-state index contributed by atoms with van der Waals surface area (Å²) >= 11 is 0. The SMILES string of the molecule is CC(=O)OC1CCC2(C)C(=CCC3C4C/C(=C/N5CCCC5)C(=O)C4(C)CCC32)C1. The van der Waals surface area contributed by atoms with E-state index in [1.54, 1.807) is 0 Å². The lowest BCUT2D eigenvalue weighted by molar-refractivity contribution is -0.148. The lowest BCUT2D eigenvalue weighted by Crippen LogP contribution is -2.50. The van der Waals surface area contributed by atoms with Crippen LogP contribution in [0.4, 0.5) is 0 Å². The normalized spacial score (nSPS) is 44.4. The molecular formula is C26H37NO3. The van der Waals surface area contributed by atoms with Crippen LogP contribution < -0.4 is 0 Å². The molecule has 1 heterocycles. The molecule has 0 amide bonds. The molecule has 4 aliphatic carbocycles. The summed E-state index contributed by atoms with van der Waals surface area (Å²) in [5, 5.41) is 0. The Hall–Kier alpha value is -1.58. The minimum Gasteiger partial charge on any atom is -0.462 e. The van der Waals surface area contributed by atoms with Crippen LogP contribution in [0.5, 0.6) is 0 Å². The molecule has 0 N–H and O–H groups in total. The number of hydrogen-bond acceptors (Lipinski definition) is 4. The zero-order chi connectivity index (χ0) is 21.1. The highest BCUT2D eigenvalue weighted by molar-refractivity contribution is 6.02. The number of rotatable bonds is 2. The molecule has 3 saturated carbocycles. The van der Waals surface area contributed by atoms with Crippen molar-refractivity contribution in [3.8, 4) is 0 Å². The third-order valence-electron chi connectivity index (χ3n) is 9.51. The number of allylic oxidation sites excluding steroid dienone is 2. The summed E-state index contributed by atoms with van der Waals surface area (Å²) in [4.78, 5) is 27.3. The van der Waals surface area contributed by atoms with Crippen LogP contribution >= 0.6 is 0 Å². The Morgan fingerprint density at radius 1 is 1.10 bits per heavy atom. The van der Waals surface area contributed by atoms with Gasteiger partial charge in [0.15, 0.2) is 5.78 Å². The molecule has 4 fully saturated rings. The summed E-state index contributed by atoms with van der Waals surface area (Å²) < 4.78 is 5.56. The third-order valence-corrected chi connectivity index (χ3v) is 9.51. The van der Waals surface area contributed by atoms with Gasteiger partial charge in [0.1, 0.15) is 6.10 Å². The fraction of sp³-hybridized carbons (Fsp3) is 0.769. The van der Waals surface area contributed by atoms with Crippen LogP contribution in [0.3, 0.4) is 0 Å². The number of carbonyl (C=O) groups excluding carboxylic acids is 2. The maximum atomic E-state index is 13.5. The molecule has 1 saturated heterocycles. The first-order valence-corrected chi connectivity index (χ1v) is 12.2. The first-order valence-electron chi connectivity index (χ1n) is 12.2. The molecule has 0 aromatic heterocycles. The van der Waals surface area contributed by atoms with Gasteiger partial charge >= 0.3 is 5.97 Å². The molecule has 164 valence electrons. The molecule has 0 aromatic rings. The third kappa shape index (κ3) is 3.08. The topological polar surface area (TPSA) is 46.6 Å². The van der Waals surface area contributed by atoms with Crippen molar-refractivity contribution in [2.24, 2.45) is 28.6 Å². The number of ketones is 1. The second-order valence-corrected chi connectivity index (χ2v) is 11.1. The van der Waals surface area contributed by atoms with Crippen molar-refractivity contribution in [3.05, 3.63) is 23.4 Å². The Labute approximate surface area is 181 Å². The standard InChI is InChI=1S/C26H37NO3/c1-17(28)30-20-8-10-25(2)19(15-20)6-7-21-22(25)9-11-26(3)23(21)14-18(24(26)29)16-27-12-4-5-13-27/h6,16,20-23H,4-5,7-15H2,1-3H3/b18-16-. The number of esters is 1. The van der Waals surface area contributed by atoms with Crippen LogP contribution in [0.1, 0.15) is 78.6 Å². The molecular weight excluding hydrogens is 374 g/mol. The highest BCUT2D eigenvalue weighted by Crippen LogP contribution is 2.64. The number of hydrogen-bond donors (Lipinski definition) is 0. The molecule has 1 aliphatic heterocycles. The second-order valence-electron chi connectivity index (χ2n) is 11.1. The number of likely N-dealkylation sites (tertiary alicyclic amines) is 1. The van der Waals surface area contributed by atoms with Gasteiger partial charge in [0.05, 0.1) is 0 Å². The fourth-order valence-electron chi connectivity index (χ4n) is 7.84. The Bertz CT molecular complexity index is 807. The monoisotopic (exact) mass is 411 g/mol. The van der Waals surface area contributed by atoms with Crippen molar-refractivity contribution in [2.75, 3.05) is 13.1 Å². The van der Waals surface area contributed by atoms with Crippen molar-refractivity contribution in [1.29, 1.82) is 0 Å². The number of Topliss-reactive ketones (excluding diaryl/α,β-unsaturated/α-hetero) is 1. The smallest absolute Gasteiger partial charge is 0.302 e. The summed E-state index contributed by atoms with van der Waals surface area (Å²) in [6, 6.07) is 0. The maximum Gasteiger partial charge on any atom is 0.302 e. The van der Waals surface area contributed by atoms with E-state index in [9.17, 15) is 9.59 Å². The van der Waals surface area contributed by atoms with Crippen LogP contribution in [-0.2, 0) is 14.3 Å². The molecule has 4 nitrogen and oxygen atoms in total. The number of fused-ring (bicyclic) bond motifs is 5. The van der Waals surface area contributed by atoms with Gasteiger partial charge in [-0.3, -0.25) is 9.59 Å². The van der Waals surface area contributed by atoms with Crippen molar-refractivity contribution in [1.82, 2.24) is 4.90 Å². The van der Waals surface area contributed by atoms with Gasteiger partial charge < -0.3 is 9.64 Å². The van der Waals surface area contributed by atoms with Gasteiger partial charge in [-0.15, -0.1) is 0 Å². The quantitative estimate of drug-likeness (QED) is 0.363. The fourth-order valence-corrected chi connectivity index (χ4v) is 7.84. The summed E-state index contributed by atoms with van der Waals surface area (Å²) in [5.41, 5.74) is 2.67. The van der Waals surface area contributed by atoms with E-state index >= 15 is 0 Å². The number of ether oxygens (including phenoxy) is 1. The zero-order valence-corrected chi connectivity index (χ0v) is 18.9. The molecule has 5 aliphatic rings. The molecule has 0 spiro atoms. The molecule has 0 aromatic carbocycles. The Balaban J connectivity index is 1.40. The first kappa shape index (κ1) is 20.3. The highest BCUT2D eigenvalue weighted by Gasteiger charge is 2.60. The second kappa shape index (κ2) is 7.24. The predicted molar refractivity (Wildman–Crippen MR) is 117 cm³/mol. The van der Waals surface area contributed by atoms with E-state index in [-0.39, 0.29) is 22.9 Å². The van der Waals surface area contributed by atoms with E-state index in [1.807, 2.05) is 0 Å². The molecule has 0 radical (unpaired) electrons. The van der Waals surface area contributed by atoms with Crippen LogP contribution in [0.25, 0.3) is 0 Å². The van der Waals surface area contributed by atoms with Crippen LogP contribution in [0, 0.1) is 28.6 Å². The number of carbonyl (C=O) groups is 2. The largest absolute Gasteiger partial charge is 0.462 e. The van der Waals surface area contributed by atoms with E-state index in [2.05, 4.69) is 31.0 Å². The van der Waals surface area contributed by atoms with Gasteiger partial charge in [-0.05, 0) is 74.5 Å². The van der Waals surface area contributed by atoms with Gasteiger partial charge in [0, 0.05) is 43.6 Å². The van der Waals surface area contributed by atoms with E-state index < -0.39 is 0 Å². The highest BCUT2D eigenvalue weighted by atomic mass is 16.5. The molecule has 4 heteroatoms. The van der Waals surface area contributed by atoms with E-state index in [0.29, 0.717) is 23.5 Å². The summed E-state index contributed by atoms with van der Waals surface area (Å²) in [7, 11) is 0. The van der Waals surface area contributed by atoms with E-state index in [1.165, 1.54) is 25.3 Å². The maximum absolute atomic E-state index is 13.5. The minimum atomic E-state index is -0.163. The Morgan fingerprint density at radius 3 is 2.57 bits per heavy atom. The Morgan fingerprint density at radius 2 is 1.83 bits per heavy atom. The van der Waals surface area contributed by atoms with Crippen molar-refractivity contribution < 1.29 is 14.3 Å². The Kier molecular flexibility index (Phi) is 4.91. The van der Waals surface area contributed by atoms with Crippen LogP contribution in [-0.4, -0.2) is 35.8 Å². The van der Waals surface area contributed by atoms with E-state index in [4.69, 9.17) is 4.74 Å². The summed E-state index contributed by atoms with van der Waals surface area (Å²) in [6.07, 6.45) is 14.5. The number of nitrogens with zero attached hydrogens (tertiary/aromatic N) is 1. The van der Waals surface area contributed by atoms with Crippen molar-refractivity contribution >= 4 is 11.8 Å². The van der Waals surface area contributed by atoms with E-state index in [0.717, 1.165) is 63.6 Å². The lowest BCUT2D eigenvalue weighted by atomic mass is 9.48. The predicted octanol–water partition coefficient (Wildman–Crippen LogP) is 5.04. The van der Waals surface area contributed by atoms with Crippen LogP contribution in [0.15, 0.2) is 23.4 Å². The van der Waals surface area contributed by atoms with Gasteiger partial charge in [0.25, 0.3) is 0 Å². The van der Waals surface area contributed by atoms with Gasteiger partial charge in [-0.1, -0.05) is 25.5 Å². The average molecular weight is 412 g/mol. The van der Waals surface area contributed by atoms with Crippen molar-refractivity contribution in [2.45, 2.75) is 84.7 Å². The molecule has 30 heavy (non-hydrogen) atoms. The minimum absolute atomic E-state index is 0.0512. The molecule has 6 unspecified atom stereocenters. The summed E-state index contributed by atoms with van der Waals surface area (Å²) in [6.45, 7) is 8.46. The summed E-state index contributed by atoms with van der Waals surface area (Å²) in [5.74, 6) is 2.03. The van der Waals surface area contributed by atoms with Crippen LogP contribution in [0.2, 0.25) is 0 Å². The molecule has 5 rings (SSSR count). The lowest BCUT2D eigenvalue weighted by Gasteiger charge is -2.56. The first-order chi connectivity index (χ1) is 14.3. The van der Waals surface area contributed by atoms with Gasteiger partial charge in [-0.2, -0.15) is 0 Å². The zero-order valence-electron chi connectivity index (χ0n) is 18.9. The molecule has 0 bridgehead atoms. The van der Waals surface area contributed by atoms with Gasteiger partial charge in [-0.25, -0.2) is 0 Å². The average Bonchev–Trinajstić information content (AvgIpc) is 3.29.